The van der Waals surface area contributed by atoms with Crippen molar-refractivity contribution in [3.05, 3.63) is 71.8 Å². The van der Waals surface area contributed by atoms with Crippen molar-refractivity contribution >= 4 is 17.4 Å². The second kappa shape index (κ2) is 6.14. The van der Waals surface area contributed by atoms with Crippen LogP contribution in [-0.4, -0.2) is 30.3 Å². The fourth-order valence-corrected chi connectivity index (χ4v) is 2.70. The molecule has 0 radical (unpaired) electrons. The largest absolute Gasteiger partial charge is 0.306 e. The van der Waals surface area contributed by atoms with Gasteiger partial charge in [-0.3, -0.25) is 4.79 Å². The Morgan fingerprint density at radius 3 is 2.96 bits per heavy atom. The van der Waals surface area contributed by atoms with E-state index < -0.39 is 0 Å². The van der Waals surface area contributed by atoms with E-state index in [1.807, 2.05) is 13.0 Å². The number of nitrogens with one attached hydrogen (secondary N) is 1. The normalized spacial score (nSPS) is 10.6. The van der Waals surface area contributed by atoms with Gasteiger partial charge in [-0.2, -0.15) is 15.5 Å². The van der Waals surface area contributed by atoms with E-state index >= 15 is 0 Å². The van der Waals surface area contributed by atoms with Crippen molar-refractivity contribution in [2.75, 3.05) is 5.32 Å². The molecule has 0 bridgehead atoms. The molecule has 0 aliphatic rings. The van der Waals surface area contributed by atoms with Crippen molar-refractivity contribution in [1.29, 1.82) is 5.26 Å². The molecule has 26 heavy (non-hydrogen) atoms. The van der Waals surface area contributed by atoms with Crippen LogP contribution < -0.4 is 5.32 Å². The molecule has 4 aromatic rings. The van der Waals surface area contributed by atoms with Crippen LogP contribution in [0.2, 0.25) is 0 Å². The van der Waals surface area contributed by atoms with Crippen LogP contribution in [0.15, 0.2) is 55.0 Å². The van der Waals surface area contributed by atoms with Gasteiger partial charge < -0.3 is 5.32 Å². The van der Waals surface area contributed by atoms with Crippen LogP contribution in [-0.2, 0) is 0 Å². The summed E-state index contributed by atoms with van der Waals surface area (Å²) < 4.78 is 3.08. The number of carbonyl (C=O) groups excluding carboxylic acids is 1. The fraction of sp³-hybridized carbons (Fsp3) is 0.0556. The first-order valence-corrected chi connectivity index (χ1v) is 7.83. The van der Waals surface area contributed by atoms with Gasteiger partial charge in [0.2, 0.25) is 0 Å². The van der Waals surface area contributed by atoms with Crippen molar-refractivity contribution < 1.29 is 4.79 Å². The SMILES string of the molecule is Cc1cc(NC(=O)c2cnn3cccnc23)n(-c2ccccc2C#N)n1. The Bertz CT molecular complexity index is 1170. The summed E-state index contributed by atoms with van der Waals surface area (Å²) in [6.45, 7) is 1.82. The van der Waals surface area contributed by atoms with E-state index in [1.165, 1.54) is 10.7 Å². The Balaban J connectivity index is 1.74. The second-order valence-electron chi connectivity index (χ2n) is 5.61. The van der Waals surface area contributed by atoms with Crippen LogP contribution >= 0.6 is 0 Å². The molecule has 0 fully saturated rings. The van der Waals surface area contributed by atoms with Crippen molar-refractivity contribution in [3.8, 4) is 11.8 Å². The number of anilines is 1. The average molecular weight is 343 g/mol. The zero-order chi connectivity index (χ0) is 18.1. The summed E-state index contributed by atoms with van der Waals surface area (Å²) in [4.78, 5) is 16.9. The first-order valence-electron chi connectivity index (χ1n) is 7.83. The van der Waals surface area contributed by atoms with Gasteiger partial charge in [0.05, 0.1) is 23.1 Å². The quantitative estimate of drug-likeness (QED) is 0.615. The lowest BCUT2D eigenvalue weighted by Gasteiger charge is -2.09. The van der Waals surface area contributed by atoms with Gasteiger partial charge in [0.25, 0.3) is 5.91 Å². The number of benzene rings is 1. The molecule has 0 spiro atoms. The minimum atomic E-state index is -0.353. The van der Waals surface area contributed by atoms with Gasteiger partial charge in [0, 0.05) is 18.5 Å². The Labute approximate surface area is 148 Å². The molecule has 0 saturated heterocycles. The lowest BCUT2D eigenvalue weighted by atomic mass is 10.2. The van der Waals surface area contributed by atoms with E-state index in [-0.39, 0.29) is 5.91 Å². The second-order valence-corrected chi connectivity index (χ2v) is 5.61. The lowest BCUT2D eigenvalue weighted by molar-refractivity contribution is 0.102. The number of carbonyl (C=O) groups is 1. The van der Waals surface area contributed by atoms with Gasteiger partial charge in [-0.1, -0.05) is 12.1 Å². The van der Waals surface area contributed by atoms with Crippen molar-refractivity contribution in [2.24, 2.45) is 0 Å². The summed E-state index contributed by atoms with van der Waals surface area (Å²) in [5.74, 6) is 0.111. The summed E-state index contributed by atoms with van der Waals surface area (Å²) in [5, 5.41) is 20.7. The van der Waals surface area contributed by atoms with Gasteiger partial charge in [-0.05, 0) is 25.1 Å². The molecule has 126 valence electrons. The molecule has 1 N–H and O–H groups in total. The molecule has 4 rings (SSSR count). The monoisotopic (exact) mass is 343 g/mol. The summed E-state index contributed by atoms with van der Waals surface area (Å²) in [7, 11) is 0. The number of hydrogen-bond acceptors (Lipinski definition) is 5. The molecule has 8 nitrogen and oxygen atoms in total. The summed E-state index contributed by atoms with van der Waals surface area (Å²) in [5.41, 5.74) is 2.58. The predicted octanol–water partition coefficient (Wildman–Crippen LogP) is 2.35. The minimum absolute atomic E-state index is 0.351. The number of para-hydroxylation sites is 1. The zero-order valence-electron chi connectivity index (χ0n) is 13.8. The molecular weight excluding hydrogens is 330 g/mol. The number of rotatable bonds is 3. The Morgan fingerprint density at radius 1 is 1.27 bits per heavy atom. The number of hydrogen-bond donors (Lipinski definition) is 1. The van der Waals surface area contributed by atoms with Crippen molar-refractivity contribution in [3.63, 3.8) is 0 Å². The molecule has 0 saturated carbocycles. The van der Waals surface area contributed by atoms with E-state index in [4.69, 9.17) is 0 Å². The van der Waals surface area contributed by atoms with Gasteiger partial charge in [-0.15, -0.1) is 0 Å². The maximum atomic E-state index is 12.7. The van der Waals surface area contributed by atoms with Crippen LogP contribution in [0.1, 0.15) is 21.6 Å². The van der Waals surface area contributed by atoms with Crippen LogP contribution in [0.5, 0.6) is 0 Å². The van der Waals surface area contributed by atoms with Crippen molar-refractivity contribution in [2.45, 2.75) is 6.92 Å². The lowest BCUT2D eigenvalue weighted by Crippen LogP contribution is -2.15. The maximum absolute atomic E-state index is 12.7. The maximum Gasteiger partial charge on any atom is 0.262 e. The summed E-state index contributed by atoms with van der Waals surface area (Å²) in [6, 6.07) is 12.7. The molecule has 8 heteroatoms. The number of aryl methyl sites for hydroxylation is 1. The predicted molar refractivity (Wildman–Crippen MR) is 94.0 cm³/mol. The number of nitrogens with zero attached hydrogens (tertiary/aromatic N) is 6. The first kappa shape index (κ1) is 15.5. The van der Waals surface area contributed by atoms with Gasteiger partial charge in [-0.25, -0.2) is 14.2 Å². The zero-order valence-corrected chi connectivity index (χ0v) is 13.8. The summed E-state index contributed by atoms with van der Waals surface area (Å²) >= 11 is 0. The third-order valence-electron chi connectivity index (χ3n) is 3.85. The highest BCUT2D eigenvalue weighted by Crippen LogP contribution is 2.21. The van der Waals surface area contributed by atoms with E-state index in [2.05, 4.69) is 26.6 Å². The van der Waals surface area contributed by atoms with Crippen LogP contribution in [0.3, 0.4) is 0 Å². The highest BCUT2D eigenvalue weighted by atomic mass is 16.1. The van der Waals surface area contributed by atoms with Gasteiger partial charge in [0.15, 0.2) is 5.65 Å². The molecule has 0 unspecified atom stereocenters. The molecular formula is C18H13N7O. The minimum Gasteiger partial charge on any atom is -0.306 e. The molecule has 0 aliphatic heterocycles. The fourth-order valence-electron chi connectivity index (χ4n) is 2.70. The molecule has 0 aliphatic carbocycles. The smallest absolute Gasteiger partial charge is 0.262 e. The Morgan fingerprint density at radius 2 is 2.12 bits per heavy atom. The van der Waals surface area contributed by atoms with Gasteiger partial charge in [0.1, 0.15) is 17.5 Å². The van der Waals surface area contributed by atoms with E-state index in [9.17, 15) is 10.1 Å². The van der Waals surface area contributed by atoms with E-state index in [1.54, 1.807) is 47.4 Å². The highest BCUT2D eigenvalue weighted by molar-refractivity contribution is 6.07. The molecule has 1 amide bonds. The van der Waals surface area contributed by atoms with Crippen LogP contribution in [0, 0.1) is 18.3 Å². The Kier molecular flexibility index (Phi) is 3.67. The third kappa shape index (κ3) is 2.57. The van der Waals surface area contributed by atoms with Crippen LogP contribution in [0.25, 0.3) is 11.3 Å². The molecule has 3 aromatic heterocycles. The first-order chi connectivity index (χ1) is 12.7. The molecule has 1 aromatic carbocycles. The van der Waals surface area contributed by atoms with Crippen molar-refractivity contribution in [1.82, 2.24) is 24.4 Å². The number of fused-ring (bicyclic) bond motifs is 1. The number of aromatic nitrogens is 5. The van der Waals surface area contributed by atoms with E-state index in [0.717, 1.165) is 0 Å². The Hall–Kier alpha value is -3.99. The number of amides is 1. The topological polar surface area (TPSA) is 101 Å². The highest BCUT2D eigenvalue weighted by Gasteiger charge is 2.18. The summed E-state index contributed by atoms with van der Waals surface area (Å²) in [6.07, 6.45) is 4.79. The standard InChI is InChI=1S/C18H13N7O/c1-12-9-16(25(23-12)15-6-3-2-5-13(15)10-19)22-18(26)14-11-21-24-8-4-7-20-17(14)24/h2-9,11H,1H3,(H,22,26). The number of nitriles is 1. The molecule has 0 atom stereocenters. The third-order valence-corrected chi connectivity index (χ3v) is 3.85. The van der Waals surface area contributed by atoms with Crippen LogP contribution in [0.4, 0.5) is 5.82 Å². The molecule has 3 heterocycles. The van der Waals surface area contributed by atoms with Gasteiger partial charge >= 0.3 is 0 Å². The average Bonchev–Trinajstić information content (AvgIpc) is 3.25. The van der Waals surface area contributed by atoms with E-state index in [0.29, 0.717) is 34.0 Å².